The van der Waals surface area contributed by atoms with Crippen molar-refractivity contribution >= 4 is 5.91 Å². The molecule has 0 aromatic rings. The van der Waals surface area contributed by atoms with Crippen molar-refractivity contribution in [2.75, 3.05) is 20.1 Å². The maximum absolute atomic E-state index is 12.3. The van der Waals surface area contributed by atoms with Gasteiger partial charge in [-0.25, -0.2) is 0 Å². The fourth-order valence-electron chi connectivity index (χ4n) is 2.74. The van der Waals surface area contributed by atoms with Crippen molar-refractivity contribution in [1.82, 2.24) is 10.2 Å². The van der Waals surface area contributed by atoms with Gasteiger partial charge in [0.05, 0.1) is 6.10 Å². The Morgan fingerprint density at radius 2 is 2.25 bits per heavy atom. The Labute approximate surface area is 97.3 Å². The quantitative estimate of drug-likeness (QED) is 0.772. The molecule has 16 heavy (non-hydrogen) atoms. The second-order valence-corrected chi connectivity index (χ2v) is 4.90. The van der Waals surface area contributed by atoms with E-state index in [9.17, 15) is 4.79 Å². The van der Waals surface area contributed by atoms with Crippen molar-refractivity contribution in [3.63, 3.8) is 0 Å². The minimum Gasteiger partial charge on any atom is -0.365 e. The first-order valence-corrected chi connectivity index (χ1v) is 6.33. The summed E-state index contributed by atoms with van der Waals surface area (Å²) in [5, 5.41) is 3.16. The first kappa shape index (κ1) is 11.9. The van der Waals surface area contributed by atoms with Crippen LogP contribution < -0.4 is 5.32 Å². The van der Waals surface area contributed by atoms with E-state index in [2.05, 4.69) is 5.32 Å². The summed E-state index contributed by atoms with van der Waals surface area (Å²) in [7, 11) is 1.94. The van der Waals surface area contributed by atoms with Gasteiger partial charge < -0.3 is 15.0 Å². The van der Waals surface area contributed by atoms with Gasteiger partial charge in [0.25, 0.3) is 5.91 Å². The Morgan fingerprint density at radius 1 is 1.44 bits per heavy atom. The number of rotatable bonds is 3. The molecule has 2 aliphatic rings. The number of likely N-dealkylation sites (N-methyl/N-ethyl adjacent to an activating group) is 1. The smallest absolute Gasteiger partial charge is 0.252 e. The predicted molar refractivity (Wildman–Crippen MR) is 62.2 cm³/mol. The highest BCUT2D eigenvalue weighted by Gasteiger charge is 2.36. The minimum absolute atomic E-state index is 0.174. The van der Waals surface area contributed by atoms with Crippen molar-refractivity contribution in [3.05, 3.63) is 0 Å². The lowest BCUT2D eigenvalue weighted by Crippen LogP contribution is -2.45. The first-order chi connectivity index (χ1) is 7.72. The third kappa shape index (κ3) is 2.38. The van der Waals surface area contributed by atoms with Gasteiger partial charge in [0.1, 0.15) is 6.10 Å². The Morgan fingerprint density at radius 3 is 2.88 bits per heavy atom. The number of nitrogens with one attached hydrogen (secondary N) is 1. The number of amides is 1. The maximum atomic E-state index is 12.3. The lowest BCUT2D eigenvalue weighted by molar-refractivity contribution is -0.143. The summed E-state index contributed by atoms with van der Waals surface area (Å²) in [6.45, 7) is 3.84. The van der Waals surface area contributed by atoms with Crippen LogP contribution in [0.4, 0.5) is 0 Å². The molecule has 4 heteroatoms. The zero-order chi connectivity index (χ0) is 11.5. The largest absolute Gasteiger partial charge is 0.365 e. The van der Waals surface area contributed by atoms with E-state index in [1.807, 2.05) is 18.9 Å². The van der Waals surface area contributed by atoms with Gasteiger partial charge in [-0.2, -0.15) is 0 Å². The first-order valence-electron chi connectivity index (χ1n) is 6.33. The fraction of sp³-hybridized carbons (Fsp3) is 0.917. The van der Waals surface area contributed by atoms with E-state index in [-0.39, 0.29) is 18.1 Å². The molecule has 0 aliphatic carbocycles. The van der Waals surface area contributed by atoms with Gasteiger partial charge in [0.2, 0.25) is 0 Å². The molecule has 0 aromatic carbocycles. The lowest BCUT2D eigenvalue weighted by Gasteiger charge is -2.27. The summed E-state index contributed by atoms with van der Waals surface area (Å²) in [5.74, 6) is 0.210. The van der Waals surface area contributed by atoms with Gasteiger partial charge in [-0.1, -0.05) is 0 Å². The van der Waals surface area contributed by atoms with Crippen molar-refractivity contribution in [3.8, 4) is 0 Å². The number of likely N-dealkylation sites (tertiary alicyclic amines) is 1. The predicted octanol–water partition coefficient (Wildman–Crippen LogP) is 0.764. The Balaban J connectivity index is 1.93. The van der Waals surface area contributed by atoms with Gasteiger partial charge in [-0.3, -0.25) is 4.79 Å². The van der Waals surface area contributed by atoms with Gasteiger partial charge in [-0.15, -0.1) is 0 Å². The molecule has 2 rings (SSSR count). The van der Waals surface area contributed by atoms with Crippen LogP contribution in [-0.4, -0.2) is 49.2 Å². The average Bonchev–Trinajstić information content (AvgIpc) is 2.87. The average molecular weight is 226 g/mol. The van der Waals surface area contributed by atoms with Crippen molar-refractivity contribution in [1.29, 1.82) is 0 Å². The molecule has 4 nitrogen and oxygen atoms in total. The summed E-state index contributed by atoms with van der Waals surface area (Å²) in [5.41, 5.74) is 0. The third-order valence-electron chi connectivity index (χ3n) is 3.61. The fourth-order valence-corrected chi connectivity index (χ4v) is 2.74. The van der Waals surface area contributed by atoms with E-state index in [1.165, 1.54) is 0 Å². The van der Waals surface area contributed by atoms with Crippen LogP contribution in [0.1, 0.15) is 32.6 Å². The molecule has 0 bridgehead atoms. The van der Waals surface area contributed by atoms with Gasteiger partial charge >= 0.3 is 0 Å². The molecule has 2 fully saturated rings. The zero-order valence-corrected chi connectivity index (χ0v) is 10.2. The van der Waals surface area contributed by atoms with E-state index >= 15 is 0 Å². The minimum atomic E-state index is -0.174. The normalized spacial score (nSPS) is 34.6. The second kappa shape index (κ2) is 5.15. The monoisotopic (exact) mass is 226 g/mol. The highest BCUT2D eigenvalue weighted by Crippen LogP contribution is 2.25. The van der Waals surface area contributed by atoms with Crippen molar-refractivity contribution < 1.29 is 9.53 Å². The van der Waals surface area contributed by atoms with Crippen molar-refractivity contribution in [2.24, 2.45) is 0 Å². The lowest BCUT2D eigenvalue weighted by atomic mass is 10.1. The molecule has 1 N–H and O–H groups in total. The van der Waals surface area contributed by atoms with Gasteiger partial charge in [-0.05, 0) is 39.7 Å². The molecule has 2 aliphatic heterocycles. The molecule has 92 valence electrons. The molecule has 2 saturated heterocycles. The van der Waals surface area contributed by atoms with Crippen LogP contribution in [0.15, 0.2) is 0 Å². The topological polar surface area (TPSA) is 41.6 Å². The van der Waals surface area contributed by atoms with Crippen LogP contribution in [0.2, 0.25) is 0 Å². The standard InChI is InChI=1S/C12H22N2O2/c1-9-5-6-11(16-9)12(15)14-7-3-4-10(14)8-13-2/h9-11,13H,3-8H2,1-2H3. The van der Waals surface area contributed by atoms with Crippen LogP contribution in [0.25, 0.3) is 0 Å². The number of nitrogens with zero attached hydrogens (tertiary/aromatic N) is 1. The molecule has 2 heterocycles. The van der Waals surface area contributed by atoms with E-state index in [0.717, 1.165) is 38.8 Å². The Bertz CT molecular complexity index is 257. The van der Waals surface area contributed by atoms with Crippen LogP contribution in [0, 0.1) is 0 Å². The number of carbonyl (C=O) groups excluding carboxylic acids is 1. The van der Waals surface area contributed by atoms with E-state index in [4.69, 9.17) is 4.74 Å². The number of ether oxygens (including phenoxy) is 1. The molecule has 1 amide bonds. The summed E-state index contributed by atoms with van der Waals surface area (Å²) in [6, 6.07) is 0.372. The highest BCUT2D eigenvalue weighted by molar-refractivity contribution is 5.81. The maximum Gasteiger partial charge on any atom is 0.252 e. The number of hydrogen-bond acceptors (Lipinski definition) is 3. The van der Waals surface area contributed by atoms with E-state index in [1.54, 1.807) is 0 Å². The van der Waals surface area contributed by atoms with Gasteiger partial charge in [0, 0.05) is 19.1 Å². The van der Waals surface area contributed by atoms with Crippen LogP contribution in [-0.2, 0) is 9.53 Å². The summed E-state index contributed by atoms with van der Waals surface area (Å²) < 4.78 is 5.65. The van der Waals surface area contributed by atoms with Gasteiger partial charge in [0.15, 0.2) is 0 Å². The summed E-state index contributed by atoms with van der Waals surface area (Å²) in [6.07, 6.45) is 4.23. The molecular weight excluding hydrogens is 204 g/mol. The summed E-state index contributed by atoms with van der Waals surface area (Å²) in [4.78, 5) is 14.3. The Hall–Kier alpha value is -0.610. The second-order valence-electron chi connectivity index (χ2n) is 4.90. The third-order valence-corrected chi connectivity index (χ3v) is 3.61. The van der Waals surface area contributed by atoms with E-state index < -0.39 is 0 Å². The van der Waals surface area contributed by atoms with Crippen LogP contribution in [0.5, 0.6) is 0 Å². The van der Waals surface area contributed by atoms with E-state index in [0.29, 0.717) is 6.04 Å². The molecule has 0 aromatic heterocycles. The zero-order valence-electron chi connectivity index (χ0n) is 10.2. The SMILES string of the molecule is CNCC1CCCN1C(=O)C1CCC(C)O1. The summed E-state index contributed by atoms with van der Waals surface area (Å²) >= 11 is 0. The Kier molecular flexibility index (Phi) is 3.82. The highest BCUT2D eigenvalue weighted by atomic mass is 16.5. The molecule has 3 unspecified atom stereocenters. The van der Waals surface area contributed by atoms with Crippen LogP contribution >= 0.6 is 0 Å². The molecular formula is C12H22N2O2. The molecule has 0 saturated carbocycles. The van der Waals surface area contributed by atoms with Crippen molar-refractivity contribution in [2.45, 2.75) is 50.9 Å². The number of carbonyl (C=O) groups is 1. The molecule has 3 atom stereocenters. The van der Waals surface area contributed by atoms with Crippen LogP contribution in [0.3, 0.4) is 0 Å². The number of hydrogen-bond donors (Lipinski definition) is 1. The molecule has 0 radical (unpaired) electrons. The molecule has 0 spiro atoms.